The highest BCUT2D eigenvalue weighted by atomic mass is 32.2. The van der Waals surface area contributed by atoms with Crippen molar-refractivity contribution in [3.63, 3.8) is 0 Å². The van der Waals surface area contributed by atoms with E-state index in [0.717, 1.165) is 93.2 Å². The van der Waals surface area contributed by atoms with Crippen LogP contribution in [-0.4, -0.2) is 42.7 Å². The first-order valence-electron chi connectivity index (χ1n) is 18.6. The predicted molar refractivity (Wildman–Crippen MR) is 249 cm³/mol. The summed E-state index contributed by atoms with van der Waals surface area (Å²) in [5.74, 6) is 4.82. The Morgan fingerprint density at radius 2 is 0.317 bits per heavy atom. The van der Waals surface area contributed by atoms with E-state index < -0.39 is 0 Å². The van der Waals surface area contributed by atoms with Gasteiger partial charge in [-0.2, -0.15) is 0 Å². The van der Waals surface area contributed by atoms with Crippen LogP contribution in [-0.2, 0) is 0 Å². The fraction of sp³-hybridized carbons (Fsp3) is 0.125. The molecule has 0 saturated heterocycles. The van der Waals surface area contributed by atoms with E-state index in [0.29, 0.717) is 0 Å². The molecule has 0 aliphatic heterocycles. The molecule has 6 nitrogen and oxygen atoms in total. The number of methoxy groups -OCH3 is 6. The van der Waals surface area contributed by atoms with Crippen molar-refractivity contribution in [2.24, 2.45) is 0 Å². The maximum atomic E-state index is 5.58. The predicted octanol–water partition coefficient (Wildman–Crippen LogP) is 14.6. The first-order valence-corrected chi connectivity index (χ1v) is 23.5. The van der Waals surface area contributed by atoms with E-state index in [1.807, 2.05) is 72.8 Å². The third-order valence-corrected chi connectivity index (χ3v) is 16.4. The Hall–Kier alpha value is -4.56. The normalized spacial score (nSPS) is 10.9. The van der Waals surface area contributed by atoms with Crippen LogP contribution in [0.4, 0.5) is 0 Å². The van der Waals surface area contributed by atoms with Crippen molar-refractivity contribution >= 4 is 70.6 Å². The monoisotopic (exact) mass is 906 g/mol. The fourth-order valence-electron chi connectivity index (χ4n) is 5.74. The molecule has 7 aromatic rings. The molecule has 0 radical (unpaired) electrons. The third-order valence-electron chi connectivity index (χ3n) is 8.91. The van der Waals surface area contributed by atoms with Crippen molar-refractivity contribution in [2.75, 3.05) is 42.7 Å². The number of hydrogen-bond acceptors (Lipinski definition) is 12. The van der Waals surface area contributed by atoms with Gasteiger partial charge in [-0.05, 0) is 146 Å². The molecule has 0 N–H and O–H groups in total. The molecule has 0 saturated carbocycles. The third kappa shape index (κ3) is 11.0. The van der Waals surface area contributed by atoms with Crippen LogP contribution in [0.3, 0.4) is 0 Å². The van der Waals surface area contributed by atoms with E-state index in [9.17, 15) is 0 Å². The minimum absolute atomic E-state index is 0.803. The van der Waals surface area contributed by atoms with E-state index in [2.05, 4.69) is 72.8 Å². The summed E-state index contributed by atoms with van der Waals surface area (Å²) in [6.07, 6.45) is 0. The first kappa shape index (κ1) is 43.5. The lowest BCUT2D eigenvalue weighted by Crippen LogP contribution is -1.98. The Bertz CT molecular complexity index is 1990. The zero-order chi connectivity index (χ0) is 41.8. The van der Waals surface area contributed by atoms with E-state index in [1.54, 1.807) is 113 Å². The summed E-state index contributed by atoms with van der Waals surface area (Å²) in [5, 5.41) is 0. The van der Waals surface area contributed by atoms with Crippen molar-refractivity contribution in [3.8, 4) is 34.5 Å². The lowest BCUT2D eigenvalue weighted by atomic mass is 10.3. The van der Waals surface area contributed by atoms with Gasteiger partial charge in [0, 0.05) is 58.7 Å². The van der Waals surface area contributed by atoms with Gasteiger partial charge in [-0.1, -0.05) is 70.6 Å². The van der Waals surface area contributed by atoms with Gasteiger partial charge in [0.2, 0.25) is 0 Å². The smallest absolute Gasteiger partial charge is 0.118 e. The zero-order valence-electron chi connectivity index (χ0n) is 33.8. The Balaban J connectivity index is 1.56. The van der Waals surface area contributed by atoms with Gasteiger partial charge in [0.1, 0.15) is 34.5 Å². The number of hydrogen-bond donors (Lipinski definition) is 0. The van der Waals surface area contributed by atoms with Gasteiger partial charge in [0.05, 0.1) is 42.7 Å². The molecule has 0 aromatic heterocycles. The van der Waals surface area contributed by atoms with Gasteiger partial charge in [-0.3, -0.25) is 0 Å². The van der Waals surface area contributed by atoms with Crippen molar-refractivity contribution in [2.45, 2.75) is 58.7 Å². The Morgan fingerprint density at radius 1 is 0.200 bits per heavy atom. The molecule has 306 valence electrons. The lowest BCUT2D eigenvalue weighted by molar-refractivity contribution is 0.414. The van der Waals surface area contributed by atoms with Crippen LogP contribution in [0.2, 0.25) is 0 Å². The Kier molecular flexibility index (Phi) is 15.5. The molecule has 0 atom stereocenters. The molecule has 0 fully saturated rings. The molecule has 0 heterocycles. The van der Waals surface area contributed by atoms with Crippen LogP contribution in [0.25, 0.3) is 0 Å². The molecule has 0 spiro atoms. The molecule has 7 rings (SSSR count). The summed E-state index contributed by atoms with van der Waals surface area (Å²) in [7, 11) is 10.2. The molecule has 0 amide bonds. The zero-order valence-corrected chi connectivity index (χ0v) is 38.7. The van der Waals surface area contributed by atoms with Gasteiger partial charge in [-0.25, -0.2) is 0 Å². The average Bonchev–Trinajstić information content (AvgIpc) is 3.31. The van der Waals surface area contributed by atoms with E-state index >= 15 is 0 Å². The largest absolute Gasteiger partial charge is 0.497 e. The molecule has 0 aliphatic carbocycles. The highest BCUT2D eigenvalue weighted by molar-refractivity contribution is 8.07. The second kappa shape index (κ2) is 21.3. The quantitative estimate of drug-likeness (QED) is 0.0824. The second-order valence-corrected chi connectivity index (χ2v) is 19.1. The van der Waals surface area contributed by atoms with Crippen LogP contribution in [0.15, 0.2) is 204 Å². The molecular weight excluding hydrogens is 865 g/mol. The topological polar surface area (TPSA) is 55.4 Å². The Labute approximate surface area is 377 Å². The number of ether oxygens (including phenoxy) is 6. The number of benzene rings is 7. The summed E-state index contributed by atoms with van der Waals surface area (Å²) in [6.45, 7) is 0. The standard InChI is InChI=1S/C48H42O6S6/c1-49-31-7-19-37(20-8-31)55-43-44(56-38-21-9-32(50-2)10-22-38)46(58-40-25-13-34(52-4)14-26-40)48(60-42-29-17-36(54-6)18-30-42)47(59-41-27-15-35(53-5)16-28-41)45(43)57-39-23-11-33(51-3)12-24-39/h7-30H,1-6H3. The molecule has 60 heavy (non-hydrogen) atoms. The fourth-order valence-corrected chi connectivity index (χ4v) is 13.0. The van der Waals surface area contributed by atoms with Crippen molar-refractivity contribution < 1.29 is 28.4 Å². The summed E-state index contributed by atoms with van der Waals surface area (Å²) >= 11 is 10.5. The summed E-state index contributed by atoms with van der Waals surface area (Å²) in [5.41, 5.74) is 0. The van der Waals surface area contributed by atoms with E-state index in [-0.39, 0.29) is 0 Å². The Morgan fingerprint density at radius 3 is 0.417 bits per heavy atom. The van der Waals surface area contributed by atoms with Gasteiger partial charge in [0.15, 0.2) is 0 Å². The maximum absolute atomic E-state index is 5.58. The molecular formula is C48H42O6S6. The summed E-state index contributed by atoms with van der Waals surface area (Å²) in [6, 6.07) is 49.7. The van der Waals surface area contributed by atoms with Crippen LogP contribution in [0.1, 0.15) is 0 Å². The highest BCUT2D eigenvalue weighted by Crippen LogP contribution is 2.59. The highest BCUT2D eigenvalue weighted by Gasteiger charge is 2.29. The molecule has 7 aromatic carbocycles. The van der Waals surface area contributed by atoms with E-state index in [4.69, 9.17) is 28.4 Å². The van der Waals surface area contributed by atoms with Crippen molar-refractivity contribution in [1.82, 2.24) is 0 Å². The van der Waals surface area contributed by atoms with Crippen molar-refractivity contribution in [3.05, 3.63) is 146 Å². The SMILES string of the molecule is COc1ccc(Sc2c(Sc3ccc(OC)cc3)c(Sc3ccc(OC)cc3)c(Sc3ccc(OC)cc3)c(Sc3ccc(OC)cc3)c2Sc2ccc(OC)cc2)cc1. The van der Waals surface area contributed by atoms with E-state index in [1.165, 1.54) is 0 Å². The van der Waals surface area contributed by atoms with Gasteiger partial charge in [0.25, 0.3) is 0 Å². The molecule has 0 bridgehead atoms. The van der Waals surface area contributed by atoms with Gasteiger partial charge >= 0.3 is 0 Å². The van der Waals surface area contributed by atoms with Crippen LogP contribution >= 0.6 is 70.6 Å². The minimum Gasteiger partial charge on any atom is -0.497 e. The molecule has 0 unspecified atom stereocenters. The maximum Gasteiger partial charge on any atom is 0.118 e. The summed E-state index contributed by atoms with van der Waals surface area (Å²) < 4.78 is 33.5. The minimum atomic E-state index is 0.803. The van der Waals surface area contributed by atoms with Crippen molar-refractivity contribution in [1.29, 1.82) is 0 Å². The van der Waals surface area contributed by atoms with Gasteiger partial charge < -0.3 is 28.4 Å². The molecule has 0 aliphatic rings. The molecule has 12 heteroatoms. The number of rotatable bonds is 18. The average molecular weight is 907 g/mol. The van der Waals surface area contributed by atoms with Gasteiger partial charge in [-0.15, -0.1) is 0 Å². The van der Waals surface area contributed by atoms with Crippen LogP contribution < -0.4 is 28.4 Å². The van der Waals surface area contributed by atoms with Crippen LogP contribution in [0, 0.1) is 0 Å². The summed E-state index contributed by atoms with van der Waals surface area (Å²) in [4.78, 5) is 13.3. The van der Waals surface area contributed by atoms with Crippen LogP contribution in [0.5, 0.6) is 34.5 Å². The first-order chi connectivity index (χ1) is 29.4. The lowest BCUT2D eigenvalue weighted by Gasteiger charge is -2.25. The second-order valence-electron chi connectivity index (χ2n) is 12.6.